The molecule has 172 valence electrons. The third-order valence-corrected chi connectivity index (χ3v) is 6.79. The van der Waals surface area contributed by atoms with Gasteiger partial charge in [0.1, 0.15) is 11.6 Å². The smallest absolute Gasteiger partial charge is 0.219 e. The second kappa shape index (κ2) is 9.65. The summed E-state index contributed by atoms with van der Waals surface area (Å²) in [6.07, 6.45) is 11.2. The lowest BCUT2D eigenvalue weighted by Gasteiger charge is -2.39. The lowest BCUT2D eigenvalue weighted by Crippen LogP contribution is -2.43. The summed E-state index contributed by atoms with van der Waals surface area (Å²) in [7, 11) is 0. The lowest BCUT2D eigenvalue weighted by molar-refractivity contribution is 0.102. The quantitative estimate of drug-likeness (QED) is 0.530. The van der Waals surface area contributed by atoms with Crippen LogP contribution in [0.25, 0.3) is 11.3 Å². The first-order valence-corrected chi connectivity index (χ1v) is 11.4. The van der Waals surface area contributed by atoms with E-state index in [4.69, 9.17) is 17.2 Å². The normalized spacial score (nSPS) is 19.2. The molecule has 7 N–H and O–H groups in total. The van der Waals surface area contributed by atoms with Gasteiger partial charge >= 0.3 is 0 Å². The third kappa shape index (κ3) is 4.60. The molecule has 0 atom stereocenters. The van der Waals surface area contributed by atoms with Gasteiger partial charge in [0.05, 0.1) is 17.8 Å². The Morgan fingerprint density at radius 2 is 1.66 bits per heavy atom. The van der Waals surface area contributed by atoms with E-state index in [0.29, 0.717) is 11.6 Å². The highest BCUT2D eigenvalue weighted by molar-refractivity contribution is 5.84. The molecule has 0 amide bonds. The van der Waals surface area contributed by atoms with Gasteiger partial charge in [0.15, 0.2) is 0 Å². The summed E-state index contributed by atoms with van der Waals surface area (Å²) in [5, 5.41) is 14.4. The Kier molecular flexibility index (Phi) is 6.69. The zero-order valence-corrected chi connectivity index (χ0v) is 18.4. The van der Waals surface area contributed by atoms with Crippen molar-refractivity contribution in [3.63, 3.8) is 0 Å². The zero-order chi connectivity index (χ0) is 22.7. The molecule has 1 aliphatic carbocycles. The summed E-state index contributed by atoms with van der Waals surface area (Å²) < 4.78 is 16.9. The molecule has 1 saturated heterocycles. The number of likely N-dealkylation sites (tertiary alicyclic amines) is 1. The minimum absolute atomic E-state index is 0.00309. The highest BCUT2D eigenvalue weighted by atomic mass is 19.1. The van der Waals surface area contributed by atoms with Crippen LogP contribution in [0.4, 0.5) is 4.39 Å². The van der Waals surface area contributed by atoms with Crippen LogP contribution in [0, 0.1) is 5.95 Å². The molecule has 2 fully saturated rings. The van der Waals surface area contributed by atoms with Crippen molar-refractivity contribution in [2.45, 2.75) is 57.0 Å². The number of aromatic hydroxyl groups is 1. The SMILES string of the molecule is NC(N)=C(/C=C(\N)c1ccccc1O)c1cnn(C2CCN(C3CCCCC3)CC2)c1F. The monoisotopic (exact) mass is 440 g/mol. The lowest BCUT2D eigenvalue weighted by atomic mass is 9.92. The van der Waals surface area contributed by atoms with Crippen LogP contribution in [0.5, 0.6) is 5.75 Å². The van der Waals surface area contributed by atoms with Gasteiger partial charge in [-0.2, -0.15) is 9.49 Å². The Morgan fingerprint density at radius 3 is 2.31 bits per heavy atom. The second-order valence-electron chi connectivity index (χ2n) is 8.84. The minimum Gasteiger partial charge on any atom is -0.507 e. The van der Waals surface area contributed by atoms with Crippen LogP contribution in [0.1, 0.15) is 62.1 Å². The maximum atomic E-state index is 15.4. The first-order chi connectivity index (χ1) is 15.5. The average Bonchev–Trinajstić information content (AvgIpc) is 3.19. The van der Waals surface area contributed by atoms with Gasteiger partial charge in [0, 0.05) is 36.0 Å². The molecular formula is C24H33FN6O. The van der Waals surface area contributed by atoms with Gasteiger partial charge in [-0.25, -0.2) is 4.68 Å². The Labute approximate surface area is 188 Å². The summed E-state index contributed by atoms with van der Waals surface area (Å²) in [5.74, 6) is -0.503. The van der Waals surface area contributed by atoms with E-state index >= 15 is 4.39 Å². The first kappa shape index (κ1) is 22.2. The molecule has 1 aliphatic heterocycles. The predicted octanol–water partition coefficient (Wildman–Crippen LogP) is 3.28. The molecule has 32 heavy (non-hydrogen) atoms. The molecule has 2 heterocycles. The number of nitrogens with zero attached hydrogens (tertiary/aromatic N) is 3. The topological polar surface area (TPSA) is 119 Å². The molecule has 1 aromatic heterocycles. The molecule has 0 spiro atoms. The fourth-order valence-corrected chi connectivity index (χ4v) is 4.99. The maximum Gasteiger partial charge on any atom is 0.219 e. The van der Waals surface area contributed by atoms with E-state index in [1.165, 1.54) is 55.1 Å². The Hall–Kier alpha value is -3.00. The molecular weight excluding hydrogens is 407 g/mol. The van der Waals surface area contributed by atoms with Crippen LogP contribution in [0.3, 0.4) is 0 Å². The van der Waals surface area contributed by atoms with Crippen molar-refractivity contribution < 1.29 is 9.50 Å². The van der Waals surface area contributed by atoms with Crippen molar-refractivity contribution in [2.75, 3.05) is 13.1 Å². The number of para-hydroxylation sites is 1. The standard InChI is InChI=1S/C24H33FN6O/c25-23-20(19(24(27)28)14-21(26)18-8-4-5-9-22(18)32)15-29-31(23)17-10-12-30(13-11-17)16-6-2-1-3-7-16/h4-5,8-9,14-17,32H,1-3,6-7,10-13,26-28H2/b21-14-. The van der Waals surface area contributed by atoms with Crippen LogP contribution in [0.15, 0.2) is 42.4 Å². The van der Waals surface area contributed by atoms with Crippen molar-refractivity contribution in [2.24, 2.45) is 17.2 Å². The number of allylic oxidation sites excluding steroid dienone is 2. The summed E-state index contributed by atoms with van der Waals surface area (Å²) in [6.45, 7) is 1.93. The van der Waals surface area contributed by atoms with Crippen LogP contribution in [-0.2, 0) is 0 Å². The number of rotatable bonds is 5. The van der Waals surface area contributed by atoms with Crippen LogP contribution in [-0.4, -0.2) is 38.9 Å². The Morgan fingerprint density at radius 1 is 0.969 bits per heavy atom. The van der Waals surface area contributed by atoms with Crippen molar-refractivity contribution in [3.8, 4) is 5.75 Å². The number of aromatic nitrogens is 2. The number of piperidine rings is 1. The van der Waals surface area contributed by atoms with Crippen molar-refractivity contribution >= 4 is 11.3 Å². The molecule has 0 radical (unpaired) electrons. The highest BCUT2D eigenvalue weighted by Crippen LogP contribution is 2.32. The van der Waals surface area contributed by atoms with E-state index in [2.05, 4.69) is 10.00 Å². The summed E-state index contributed by atoms with van der Waals surface area (Å²) in [4.78, 5) is 2.57. The molecule has 7 nitrogen and oxygen atoms in total. The van der Waals surface area contributed by atoms with Gasteiger partial charge in [-0.3, -0.25) is 0 Å². The maximum absolute atomic E-state index is 15.4. The van der Waals surface area contributed by atoms with E-state index in [-0.39, 0.29) is 34.4 Å². The van der Waals surface area contributed by atoms with Gasteiger partial charge in [-0.15, -0.1) is 0 Å². The Balaban J connectivity index is 1.52. The van der Waals surface area contributed by atoms with E-state index in [9.17, 15) is 5.11 Å². The number of phenols is 1. The minimum atomic E-state index is -0.467. The van der Waals surface area contributed by atoms with Crippen LogP contribution < -0.4 is 17.2 Å². The van der Waals surface area contributed by atoms with E-state index in [1.807, 2.05) is 0 Å². The number of halogens is 1. The average molecular weight is 441 g/mol. The summed E-state index contributed by atoms with van der Waals surface area (Å²) in [5.41, 5.74) is 19.0. The molecule has 1 saturated carbocycles. The number of phenolic OH excluding ortho intramolecular Hbond substituents is 1. The highest BCUT2D eigenvalue weighted by Gasteiger charge is 2.29. The molecule has 0 unspecified atom stereocenters. The number of hydrogen-bond donors (Lipinski definition) is 4. The predicted molar refractivity (Wildman–Crippen MR) is 124 cm³/mol. The van der Waals surface area contributed by atoms with Gasteiger partial charge in [0.25, 0.3) is 0 Å². The first-order valence-electron chi connectivity index (χ1n) is 11.4. The Bertz CT molecular complexity index is 996. The largest absolute Gasteiger partial charge is 0.507 e. The number of nitrogens with two attached hydrogens (primary N) is 3. The van der Waals surface area contributed by atoms with Crippen molar-refractivity contribution in [1.29, 1.82) is 0 Å². The van der Waals surface area contributed by atoms with Crippen LogP contribution >= 0.6 is 0 Å². The molecule has 0 bridgehead atoms. The zero-order valence-electron chi connectivity index (χ0n) is 18.4. The fourth-order valence-electron chi connectivity index (χ4n) is 4.99. The summed E-state index contributed by atoms with van der Waals surface area (Å²) >= 11 is 0. The molecule has 2 aliphatic rings. The molecule has 4 rings (SSSR count). The van der Waals surface area contributed by atoms with Gasteiger partial charge in [0.2, 0.25) is 5.95 Å². The second-order valence-corrected chi connectivity index (χ2v) is 8.84. The van der Waals surface area contributed by atoms with Crippen molar-refractivity contribution in [3.05, 3.63) is 59.4 Å². The molecule has 1 aromatic carbocycles. The molecule has 2 aromatic rings. The van der Waals surface area contributed by atoms with Crippen molar-refractivity contribution in [1.82, 2.24) is 14.7 Å². The summed E-state index contributed by atoms with van der Waals surface area (Å²) in [6, 6.07) is 7.34. The van der Waals surface area contributed by atoms with E-state index in [0.717, 1.165) is 25.9 Å². The number of hydrogen-bond acceptors (Lipinski definition) is 6. The number of benzene rings is 1. The van der Waals surface area contributed by atoms with Crippen LogP contribution in [0.2, 0.25) is 0 Å². The van der Waals surface area contributed by atoms with Gasteiger partial charge < -0.3 is 27.2 Å². The van der Waals surface area contributed by atoms with Gasteiger partial charge in [-0.1, -0.05) is 31.4 Å². The third-order valence-electron chi connectivity index (χ3n) is 6.79. The molecule has 8 heteroatoms. The fraction of sp³-hybridized carbons (Fsp3) is 0.458. The van der Waals surface area contributed by atoms with Gasteiger partial charge in [-0.05, 0) is 43.9 Å². The van der Waals surface area contributed by atoms with E-state index < -0.39 is 5.95 Å². The van der Waals surface area contributed by atoms with E-state index in [1.54, 1.807) is 18.2 Å².